The Bertz CT molecular complexity index is 765. The molecule has 25 heavy (non-hydrogen) atoms. The highest BCUT2D eigenvalue weighted by Gasteiger charge is 2.49. The summed E-state index contributed by atoms with van der Waals surface area (Å²) in [6.45, 7) is 6.02. The smallest absolute Gasteiger partial charge is 0.244 e. The number of rotatable bonds is 4. The van der Waals surface area contributed by atoms with Crippen LogP contribution < -0.4 is 5.32 Å². The number of nitrogens with one attached hydrogen (secondary N) is 1. The zero-order valence-electron chi connectivity index (χ0n) is 14.8. The number of carbonyl (C=O) groups excluding carboxylic acids is 1. The number of likely N-dealkylation sites (tertiary alicyclic amines) is 1. The number of anilines is 1. The Labute approximate surface area is 147 Å². The van der Waals surface area contributed by atoms with E-state index in [1.807, 2.05) is 35.6 Å². The van der Waals surface area contributed by atoms with Gasteiger partial charge in [0.15, 0.2) is 0 Å². The molecule has 2 fully saturated rings. The molecule has 2 aliphatic rings. The Morgan fingerprint density at radius 1 is 1.40 bits per heavy atom. The first-order valence-electron chi connectivity index (χ1n) is 8.84. The van der Waals surface area contributed by atoms with Gasteiger partial charge in [0.05, 0.1) is 5.69 Å². The maximum atomic E-state index is 12.6. The lowest BCUT2D eigenvalue weighted by atomic mass is 9.65. The minimum Gasteiger partial charge on any atom is -0.367 e. The third kappa shape index (κ3) is 3.23. The van der Waals surface area contributed by atoms with Crippen LogP contribution in [0.4, 0.5) is 5.82 Å². The molecule has 7 heteroatoms. The van der Waals surface area contributed by atoms with Crippen molar-refractivity contribution in [1.82, 2.24) is 24.6 Å². The average Bonchev–Trinajstić information content (AvgIpc) is 3.12. The Kier molecular flexibility index (Phi) is 3.94. The maximum Gasteiger partial charge on any atom is 0.244 e. The summed E-state index contributed by atoms with van der Waals surface area (Å²) in [4.78, 5) is 22.8. The van der Waals surface area contributed by atoms with Gasteiger partial charge in [-0.15, -0.1) is 0 Å². The maximum absolute atomic E-state index is 12.6. The minimum atomic E-state index is 0.176. The van der Waals surface area contributed by atoms with Gasteiger partial charge in [-0.05, 0) is 50.7 Å². The summed E-state index contributed by atoms with van der Waals surface area (Å²) in [6, 6.07) is 4.35. The molecule has 2 aromatic heterocycles. The molecule has 1 saturated carbocycles. The second kappa shape index (κ2) is 6.13. The van der Waals surface area contributed by atoms with E-state index in [9.17, 15) is 4.79 Å². The normalized spacial score (nSPS) is 25.2. The van der Waals surface area contributed by atoms with Gasteiger partial charge in [0, 0.05) is 31.0 Å². The van der Waals surface area contributed by atoms with E-state index in [0.717, 1.165) is 49.6 Å². The van der Waals surface area contributed by atoms with Crippen molar-refractivity contribution in [2.75, 3.05) is 18.4 Å². The van der Waals surface area contributed by atoms with Gasteiger partial charge in [-0.1, -0.05) is 0 Å². The molecular formula is C18H24N6O. The van der Waals surface area contributed by atoms with Gasteiger partial charge in [-0.25, -0.2) is 9.97 Å². The van der Waals surface area contributed by atoms with Gasteiger partial charge in [-0.2, -0.15) is 5.10 Å². The van der Waals surface area contributed by atoms with Crippen LogP contribution in [0, 0.1) is 19.3 Å². The van der Waals surface area contributed by atoms with E-state index in [4.69, 9.17) is 0 Å². The van der Waals surface area contributed by atoms with Gasteiger partial charge in [0.1, 0.15) is 18.7 Å². The summed E-state index contributed by atoms with van der Waals surface area (Å²) < 4.78 is 1.81. The lowest BCUT2D eigenvalue weighted by molar-refractivity contribution is -0.131. The van der Waals surface area contributed by atoms with Crippen LogP contribution in [0.15, 0.2) is 24.7 Å². The van der Waals surface area contributed by atoms with Crippen LogP contribution in [0.3, 0.4) is 0 Å². The predicted octanol–water partition coefficient (Wildman–Crippen LogP) is 1.78. The Morgan fingerprint density at radius 2 is 2.24 bits per heavy atom. The monoisotopic (exact) mass is 340 g/mol. The zero-order valence-corrected chi connectivity index (χ0v) is 14.8. The van der Waals surface area contributed by atoms with E-state index in [2.05, 4.69) is 20.4 Å². The minimum absolute atomic E-state index is 0.176. The molecule has 1 aliphatic carbocycles. The van der Waals surface area contributed by atoms with Crippen LogP contribution in [0.2, 0.25) is 0 Å². The number of aromatic nitrogens is 4. The van der Waals surface area contributed by atoms with E-state index in [-0.39, 0.29) is 11.3 Å². The molecule has 0 atom stereocenters. The van der Waals surface area contributed by atoms with E-state index < -0.39 is 0 Å². The Morgan fingerprint density at radius 3 is 2.92 bits per heavy atom. The fourth-order valence-electron chi connectivity index (χ4n) is 4.22. The van der Waals surface area contributed by atoms with Crippen molar-refractivity contribution in [1.29, 1.82) is 0 Å². The highest BCUT2D eigenvalue weighted by atomic mass is 16.2. The highest BCUT2D eigenvalue weighted by Crippen LogP contribution is 2.49. The molecule has 7 nitrogen and oxygen atoms in total. The molecule has 0 unspecified atom stereocenters. The van der Waals surface area contributed by atoms with Crippen molar-refractivity contribution < 1.29 is 4.79 Å². The molecule has 1 spiro atoms. The van der Waals surface area contributed by atoms with E-state index >= 15 is 0 Å². The van der Waals surface area contributed by atoms with E-state index in [0.29, 0.717) is 12.6 Å². The molecule has 0 aromatic carbocycles. The molecule has 4 rings (SSSR count). The fourth-order valence-corrected chi connectivity index (χ4v) is 4.22. The largest absolute Gasteiger partial charge is 0.367 e. The standard InChI is InChI=1S/C18H24N6O/c1-13-7-14(2)24(22-13)10-17(25)23-6-4-18(11-23)8-15(9-18)21-16-3-5-19-12-20-16/h3,5,7,12,15H,4,6,8-11H2,1-2H3,(H,19,20,21). The zero-order chi connectivity index (χ0) is 17.4. The number of hydrogen-bond donors (Lipinski definition) is 1. The van der Waals surface area contributed by atoms with Crippen molar-refractivity contribution in [3.63, 3.8) is 0 Å². The average molecular weight is 340 g/mol. The first kappa shape index (κ1) is 16.1. The van der Waals surface area contributed by atoms with Crippen molar-refractivity contribution >= 4 is 11.7 Å². The molecule has 2 aromatic rings. The number of carbonyl (C=O) groups is 1. The van der Waals surface area contributed by atoms with Gasteiger partial charge < -0.3 is 10.2 Å². The fraction of sp³-hybridized carbons (Fsp3) is 0.556. The van der Waals surface area contributed by atoms with Gasteiger partial charge >= 0.3 is 0 Å². The lowest BCUT2D eigenvalue weighted by Crippen LogP contribution is -2.47. The predicted molar refractivity (Wildman–Crippen MR) is 94.0 cm³/mol. The summed E-state index contributed by atoms with van der Waals surface area (Å²) in [5.74, 6) is 1.06. The van der Waals surface area contributed by atoms with Crippen molar-refractivity contribution in [2.24, 2.45) is 5.41 Å². The third-order valence-electron chi connectivity index (χ3n) is 5.47. The first-order chi connectivity index (χ1) is 12.0. The number of nitrogens with zero attached hydrogens (tertiary/aromatic N) is 5. The molecule has 0 radical (unpaired) electrons. The summed E-state index contributed by atoms with van der Waals surface area (Å²) in [6.07, 6.45) is 6.60. The van der Waals surface area contributed by atoms with E-state index in [1.54, 1.807) is 12.5 Å². The van der Waals surface area contributed by atoms with Gasteiger partial charge in [0.25, 0.3) is 0 Å². The second-order valence-electron chi connectivity index (χ2n) is 7.49. The SMILES string of the molecule is Cc1cc(C)n(CC(=O)N2CCC3(CC(Nc4ccncn4)C3)C2)n1. The van der Waals surface area contributed by atoms with Crippen LogP contribution in [-0.4, -0.2) is 49.7 Å². The molecule has 1 amide bonds. The van der Waals surface area contributed by atoms with Crippen LogP contribution in [-0.2, 0) is 11.3 Å². The van der Waals surface area contributed by atoms with Crippen LogP contribution in [0.25, 0.3) is 0 Å². The van der Waals surface area contributed by atoms with Crippen molar-refractivity contribution in [3.05, 3.63) is 36.0 Å². The number of amides is 1. The molecule has 1 aliphatic heterocycles. The summed E-state index contributed by atoms with van der Waals surface area (Å²) in [7, 11) is 0. The van der Waals surface area contributed by atoms with Crippen LogP contribution >= 0.6 is 0 Å². The molecule has 3 heterocycles. The summed E-state index contributed by atoms with van der Waals surface area (Å²) in [5.41, 5.74) is 2.29. The summed E-state index contributed by atoms with van der Waals surface area (Å²) in [5, 5.41) is 7.85. The van der Waals surface area contributed by atoms with Crippen molar-refractivity contribution in [2.45, 2.75) is 45.7 Å². The molecule has 132 valence electrons. The van der Waals surface area contributed by atoms with Crippen molar-refractivity contribution in [3.8, 4) is 0 Å². The first-order valence-corrected chi connectivity index (χ1v) is 8.84. The topological polar surface area (TPSA) is 75.9 Å². The van der Waals surface area contributed by atoms with Gasteiger partial charge in [0.2, 0.25) is 5.91 Å². The van der Waals surface area contributed by atoms with Crippen LogP contribution in [0.1, 0.15) is 30.7 Å². The molecular weight excluding hydrogens is 316 g/mol. The second-order valence-corrected chi connectivity index (χ2v) is 7.49. The third-order valence-corrected chi connectivity index (χ3v) is 5.47. The number of aryl methyl sites for hydroxylation is 2. The Hall–Kier alpha value is -2.44. The lowest BCUT2D eigenvalue weighted by Gasteiger charge is -2.45. The van der Waals surface area contributed by atoms with E-state index in [1.165, 1.54) is 0 Å². The molecule has 0 bridgehead atoms. The highest BCUT2D eigenvalue weighted by molar-refractivity contribution is 5.76. The quantitative estimate of drug-likeness (QED) is 0.918. The molecule has 1 N–H and O–H groups in total. The van der Waals surface area contributed by atoms with Gasteiger partial charge in [-0.3, -0.25) is 9.48 Å². The summed E-state index contributed by atoms with van der Waals surface area (Å²) >= 11 is 0. The molecule has 1 saturated heterocycles. The van der Waals surface area contributed by atoms with Crippen LogP contribution in [0.5, 0.6) is 0 Å². The number of hydrogen-bond acceptors (Lipinski definition) is 5. The Balaban J connectivity index is 1.30.